The van der Waals surface area contributed by atoms with Crippen molar-refractivity contribution >= 4 is 67.8 Å². The zero-order chi connectivity index (χ0) is 15.7. The van der Waals surface area contributed by atoms with Gasteiger partial charge >= 0.3 is 0 Å². The van der Waals surface area contributed by atoms with Crippen molar-refractivity contribution in [1.29, 1.82) is 0 Å². The van der Waals surface area contributed by atoms with E-state index in [2.05, 4.69) is 135 Å². The summed E-state index contributed by atoms with van der Waals surface area (Å²) in [6.45, 7) is 2.12. The zero-order valence-electron chi connectivity index (χ0n) is 11.9. The van der Waals surface area contributed by atoms with Crippen LogP contribution in [0.15, 0.2) is 60.7 Å². The first-order valence-electron chi connectivity index (χ1n) is 6.86. The highest BCUT2D eigenvalue weighted by Gasteiger charge is 2.11. The first-order valence-corrected chi connectivity index (χ1v) is 10.1. The van der Waals surface area contributed by atoms with Crippen LogP contribution in [0.3, 0.4) is 0 Å². The largest absolute Gasteiger partial charge is 0.0606 e. The minimum atomic E-state index is 1.27. The molecule has 3 rings (SSSR count). The fourth-order valence-corrected chi connectivity index (χ4v) is 5.34. The lowest BCUT2D eigenvalue weighted by molar-refractivity contribution is 1.46. The molecule has 0 radical (unpaired) electrons. The Labute approximate surface area is 172 Å². The molecule has 0 fully saturated rings. The highest BCUT2D eigenvalue weighted by Crippen LogP contribution is 2.35. The van der Waals surface area contributed by atoms with Crippen molar-refractivity contribution in [3.05, 3.63) is 76.9 Å². The van der Waals surface area contributed by atoms with Crippen LogP contribution in [0.4, 0.5) is 0 Å². The Balaban J connectivity index is 2.10. The molecule has 0 aliphatic rings. The maximum absolute atomic E-state index is 2.45. The van der Waals surface area contributed by atoms with E-state index in [1.54, 1.807) is 0 Å². The van der Waals surface area contributed by atoms with E-state index < -0.39 is 0 Å². The molecule has 0 bridgehead atoms. The van der Waals surface area contributed by atoms with Crippen LogP contribution in [-0.2, 0) is 0 Å². The Morgan fingerprint density at radius 2 is 1.27 bits per heavy atom. The van der Waals surface area contributed by atoms with Crippen LogP contribution in [0.1, 0.15) is 5.56 Å². The third-order valence-electron chi connectivity index (χ3n) is 3.54. The van der Waals surface area contributed by atoms with Gasteiger partial charge in [-0.05, 0) is 116 Å². The second kappa shape index (κ2) is 7.17. The summed E-state index contributed by atoms with van der Waals surface area (Å²) in [6, 6.07) is 22.0. The topological polar surface area (TPSA) is 0 Å². The van der Waals surface area contributed by atoms with Crippen molar-refractivity contribution in [3.8, 4) is 22.3 Å². The van der Waals surface area contributed by atoms with Crippen molar-refractivity contribution in [2.24, 2.45) is 0 Å². The van der Waals surface area contributed by atoms with Crippen molar-refractivity contribution in [2.75, 3.05) is 0 Å². The van der Waals surface area contributed by atoms with E-state index in [9.17, 15) is 0 Å². The van der Waals surface area contributed by atoms with Crippen LogP contribution >= 0.6 is 67.8 Å². The first kappa shape index (κ1) is 16.7. The standard InChI is InChI=1S/C19H13I3/c1-12-5-7-13(8-6-12)15-10-17(21)19(18(22)11-15)14-3-2-4-16(20)9-14/h2-11H,1H3. The molecule has 0 saturated carbocycles. The van der Waals surface area contributed by atoms with Crippen molar-refractivity contribution in [1.82, 2.24) is 0 Å². The van der Waals surface area contributed by atoms with Crippen LogP contribution < -0.4 is 0 Å². The molecule has 22 heavy (non-hydrogen) atoms. The monoisotopic (exact) mass is 622 g/mol. The molecule has 0 aliphatic carbocycles. The second-order valence-corrected chi connectivity index (χ2v) is 8.76. The van der Waals surface area contributed by atoms with Gasteiger partial charge in [-0.2, -0.15) is 0 Å². The van der Waals surface area contributed by atoms with Gasteiger partial charge in [-0.25, -0.2) is 0 Å². The van der Waals surface area contributed by atoms with Crippen LogP contribution in [0.5, 0.6) is 0 Å². The van der Waals surface area contributed by atoms with E-state index in [1.165, 1.54) is 38.5 Å². The number of benzene rings is 3. The van der Waals surface area contributed by atoms with Crippen LogP contribution in [-0.4, -0.2) is 0 Å². The van der Waals surface area contributed by atoms with Gasteiger partial charge in [0.1, 0.15) is 0 Å². The van der Waals surface area contributed by atoms with Gasteiger partial charge in [-0.15, -0.1) is 0 Å². The fourth-order valence-electron chi connectivity index (χ4n) is 2.41. The smallest absolute Gasteiger partial charge is 0.0225 e. The molecule has 0 aromatic heterocycles. The summed E-state index contributed by atoms with van der Waals surface area (Å²) >= 11 is 7.28. The molecule has 0 N–H and O–H groups in total. The number of rotatable bonds is 2. The van der Waals surface area contributed by atoms with E-state index in [0.717, 1.165) is 0 Å². The number of halogens is 3. The summed E-state index contributed by atoms with van der Waals surface area (Å²) in [5.41, 5.74) is 6.47. The van der Waals surface area contributed by atoms with Crippen LogP contribution in [0.25, 0.3) is 22.3 Å². The lowest BCUT2D eigenvalue weighted by Crippen LogP contribution is -1.91. The van der Waals surface area contributed by atoms with Gasteiger partial charge < -0.3 is 0 Å². The van der Waals surface area contributed by atoms with E-state index >= 15 is 0 Å². The summed E-state index contributed by atoms with van der Waals surface area (Å²) in [4.78, 5) is 0. The number of hydrogen-bond donors (Lipinski definition) is 0. The minimum Gasteiger partial charge on any atom is -0.0606 e. The molecule has 0 saturated heterocycles. The van der Waals surface area contributed by atoms with Gasteiger partial charge in [-0.3, -0.25) is 0 Å². The molecule has 3 aromatic carbocycles. The lowest BCUT2D eigenvalue weighted by atomic mass is 10.00. The van der Waals surface area contributed by atoms with Crippen molar-refractivity contribution in [3.63, 3.8) is 0 Å². The molecule has 3 heteroatoms. The normalized spacial score (nSPS) is 10.7. The van der Waals surface area contributed by atoms with E-state index in [1.807, 2.05) is 0 Å². The molecule has 0 nitrogen and oxygen atoms in total. The van der Waals surface area contributed by atoms with E-state index in [4.69, 9.17) is 0 Å². The van der Waals surface area contributed by atoms with Gasteiger partial charge in [0.25, 0.3) is 0 Å². The average molecular weight is 622 g/mol. The lowest BCUT2D eigenvalue weighted by Gasteiger charge is -2.12. The Morgan fingerprint density at radius 1 is 0.636 bits per heavy atom. The van der Waals surface area contributed by atoms with E-state index in [-0.39, 0.29) is 0 Å². The maximum Gasteiger partial charge on any atom is 0.0225 e. The van der Waals surface area contributed by atoms with Gasteiger partial charge in [0.05, 0.1) is 0 Å². The Morgan fingerprint density at radius 3 is 1.86 bits per heavy atom. The Kier molecular flexibility index (Phi) is 5.44. The average Bonchev–Trinajstić information content (AvgIpc) is 2.47. The maximum atomic E-state index is 2.45. The molecule has 0 heterocycles. The molecule has 3 aromatic rings. The molecule has 110 valence electrons. The molecule has 0 atom stereocenters. The molecular formula is C19H13I3. The quantitative estimate of drug-likeness (QED) is 0.267. The summed E-state index contributed by atoms with van der Waals surface area (Å²) in [5.74, 6) is 0. The van der Waals surface area contributed by atoms with Crippen molar-refractivity contribution in [2.45, 2.75) is 6.92 Å². The molecular weight excluding hydrogens is 609 g/mol. The number of hydrogen-bond acceptors (Lipinski definition) is 0. The highest BCUT2D eigenvalue weighted by molar-refractivity contribution is 14.1. The highest BCUT2D eigenvalue weighted by atomic mass is 127. The summed E-state index contributed by atoms with van der Waals surface area (Å²) < 4.78 is 3.86. The van der Waals surface area contributed by atoms with Crippen LogP contribution in [0.2, 0.25) is 0 Å². The molecule has 0 aliphatic heterocycles. The Bertz CT molecular complexity index is 797. The summed E-state index contributed by atoms with van der Waals surface area (Å²) in [7, 11) is 0. The Hall–Kier alpha value is -0.150. The predicted octanol–water partition coefficient (Wildman–Crippen LogP) is 7.14. The molecule has 0 amide bonds. The first-order chi connectivity index (χ1) is 10.5. The summed E-state index contributed by atoms with van der Waals surface area (Å²) in [5, 5.41) is 0. The second-order valence-electron chi connectivity index (χ2n) is 5.19. The number of aryl methyl sites for hydroxylation is 1. The minimum absolute atomic E-state index is 1.27. The SMILES string of the molecule is Cc1ccc(-c2cc(I)c(-c3cccc(I)c3)c(I)c2)cc1. The van der Waals surface area contributed by atoms with Gasteiger partial charge in [0, 0.05) is 16.3 Å². The van der Waals surface area contributed by atoms with Gasteiger partial charge in [0.2, 0.25) is 0 Å². The zero-order valence-corrected chi connectivity index (χ0v) is 18.4. The van der Waals surface area contributed by atoms with Crippen molar-refractivity contribution < 1.29 is 0 Å². The summed E-state index contributed by atoms with van der Waals surface area (Å²) in [6.07, 6.45) is 0. The van der Waals surface area contributed by atoms with Gasteiger partial charge in [-0.1, -0.05) is 42.0 Å². The predicted molar refractivity (Wildman–Crippen MR) is 120 cm³/mol. The molecule has 0 unspecified atom stereocenters. The third-order valence-corrected chi connectivity index (χ3v) is 5.91. The molecule has 0 spiro atoms. The fraction of sp³-hybridized carbons (Fsp3) is 0.0526. The third kappa shape index (κ3) is 3.67. The van der Waals surface area contributed by atoms with E-state index in [0.29, 0.717) is 0 Å². The van der Waals surface area contributed by atoms with Gasteiger partial charge in [0.15, 0.2) is 0 Å². The van der Waals surface area contributed by atoms with Crippen LogP contribution in [0, 0.1) is 17.6 Å².